The van der Waals surface area contributed by atoms with E-state index in [4.69, 9.17) is 4.74 Å². The summed E-state index contributed by atoms with van der Waals surface area (Å²) in [5.41, 5.74) is 1.18. The summed E-state index contributed by atoms with van der Waals surface area (Å²) in [6.45, 7) is 0. The van der Waals surface area contributed by atoms with E-state index in [0.717, 1.165) is 5.56 Å². The number of H-pyrrole nitrogens is 1. The highest BCUT2D eigenvalue weighted by molar-refractivity contribution is 7.98. The van der Waals surface area contributed by atoms with Crippen molar-refractivity contribution in [2.45, 2.75) is 5.16 Å². The van der Waals surface area contributed by atoms with E-state index >= 15 is 0 Å². The molecule has 1 aromatic carbocycles. The van der Waals surface area contributed by atoms with Gasteiger partial charge in [-0.15, -0.1) is 0 Å². The van der Waals surface area contributed by atoms with E-state index in [9.17, 15) is 4.79 Å². The highest BCUT2D eigenvalue weighted by Gasteiger charge is 2.13. The third kappa shape index (κ3) is 2.34. The van der Waals surface area contributed by atoms with E-state index in [1.807, 2.05) is 36.6 Å². The Morgan fingerprint density at radius 2 is 2.00 bits per heavy atom. The van der Waals surface area contributed by atoms with Crippen LogP contribution in [0.5, 0.6) is 5.75 Å². The maximum absolute atomic E-state index is 11.8. The molecule has 17 heavy (non-hydrogen) atoms. The number of nitrogens with zero attached hydrogens (tertiary/aromatic N) is 1. The summed E-state index contributed by atoms with van der Waals surface area (Å²) in [5.74, 6) is 0.244. The van der Waals surface area contributed by atoms with Crippen molar-refractivity contribution in [2.75, 3.05) is 13.4 Å². The first kappa shape index (κ1) is 11.7. The van der Waals surface area contributed by atoms with E-state index < -0.39 is 0 Å². The average Bonchev–Trinajstić information content (AvgIpc) is 2.38. The Morgan fingerprint density at radius 3 is 2.59 bits per heavy atom. The van der Waals surface area contributed by atoms with Gasteiger partial charge in [0.15, 0.2) is 5.16 Å². The number of aromatic nitrogens is 2. The number of aromatic amines is 1. The van der Waals surface area contributed by atoms with Gasteiger partial charge in [0.1, 0.15) is 5.69 Å². The maximum atomic E-state index is 11.8. The Morgan fingerprint density at radius 1 is 1.29 bits per heavy atom. The number of benzene rings is 1. The van der Waals surface area contributed by atoms with Gasteiger partial charge in [-0.25, -0.2) is 4.98 Å². The summed E-state index contributed by atoms with van der Waals surface area (Å²) >= 11 is 1.39. The molecule has 4 nitrogen and oxygen atoms in total. The highest BCUT2D eigenvalue weighted by atomic mass is 32.2. The van der Waals surface area contributed by atoms with Crippen molar-refractivity contribution >= 4 is 11.8 Å². The first-order valence-electron chi connectivity index (χ1n) is 5.04. The van der Waals surface area contributed by atoms with Crippen molar-refractivity contribution in [1.82, 2.24) is 9.97 Å². The summed E-state index contributed by atoms with van der Waals surface area (Å²) in [6.07, 6.45) is 1.86. The molecule has 0 radical (unpaired) electrons. The van der Waals surface area contributed by atoms with Crippen LogP contribution in [0, 0.1) is 0 Å². The molecule has 0 amide bonds. The zero-order valence-corrected chi connectivity index (χ0v) is 10.4. The standard InChI is InChI=1S/C12H12N2O2S/c1-16-10-9(8-6-4-3-5-7-8)13-12(17-2)14-11(10)15/h3-7H,1-2H3,(H,13,14,15). The molecule has 1 aromatic heterocycles. The van der Waals surface area contributed by atoms with Crippen molar-refractivity contribution < 1.29 is 4.74 Å². The summed E-state index contributed by atoms with van der Waals surface area (Å²) in [4.78, 5) is 18.8. The Kier molecular flexibility index (Phi) is 3.49. The van der Waals surface area contributed by atoms with Gasteiger partial charge < -0.3 is 4.74 Å². The third-order valence-electron chi connectivity index (χ3n) is 2.30. The van der Waals surface area contributed by atoms with E-state index in [2.05, 4.69) is 9.97 Å². The van der Waals surface area contributed by atoms with E-state index in [0.29, 0.717) is 10.9 Å². The Balaban J connectivity index is 2.67. The lowest BCUT2D eigenvalue weighted by molar-refractivity contribution is 0.406. The molecule has 5 heteroatoms. The molecule has 1 N–H and O–H groups in total. The van der Waals surface area contributed by atoms with Gasteiger partial charge in [0, 0.05) is 5.56 Å². The number of thioether (sulfide) groups is 1. The molecule has 2 aromatic rings. The topological polar surface area (TPSA) is 55.0 Å². The van der Waals surface area contributed by atoms with Crippen LogP contribution < -0.4 is 10.3 Å². The van der Waals surface area contributed by atoms with Gasteiger partial charge in [0.25, 0.3) is 5.56 Å². The molecule has 0 aliphatic carbocycles. The fourth-order valence-electron chi connectivity index (χ4n) is 1.52. The Labute approximate surface area is 103 Å². The molecule has 0 saturated carbocycles. The Hall–Kier alpha value is -1.75. The normalized spacial score (nSPS) is 10.2. The molecule has 0 aliphatic heterocycles. The molecule has 0 spiro atoms. The van der Waals surface area contributed by atoms with Crippen molar-refractivity contribution in [2.24, 2.45) is 0 Å². The highest BCUT2D eigenvalue weighted by Crippen LogP contribution is 2.25. The summed E-state index contributed by atoms with van der Waals surface area (Å²) in [5, 5.41) is 0.578. The zero-order chi connectivity index (χ0) is 12.3. The molecular weight excluding hydrogens is 236 g/mol. The molecule has 0 bridgehead atoms. The quantitative estimate of drug-likeness (QED) is 0.668. The summed E-state index contributed by atoms with van der Waals surface area (Å²) in [6, 6.07) is 9.51. The largest absolute Gasteiger partial charge is 0.490 e. The summed E-state index contributed by atoms with van der Waals surface area (Å²) in [7, 11) is 1.47. The van der Waals surface area contributed by atoms with E-state index in [1.54, 1.807) is 0 Å². The van der Waals surface area contributed by atoms with Crippen molar-refractivity contribution in [3.8, 4) is 17.0 Å². The van der Waals surface area contributed by atoms with Gasteiger partial charge in [0.2, 0.25) is 5.75 Å². The number of nitrogens with one attached hydrogen (secondary N) is 1. The van der Waals surface area contributed by atoms with Gasteiger partial charge in [-0.2, -0.15) is 0 Å². The molecule has 0 atom stereocenters. The van der Waals surface area contributed by atoms with Crippen molar-refractivity contribution in [1.29, 1.82) is 0 Å². The molecular formula is C12H12N2O2S. The van der Waals surface area contributed by atoms with E-state index in [-0.39, 0.29) is 11.3 Å². The van der Waals surface area contributed by atoms with Crippen molar-refractivity contribution in [3.63, 3.8) is 0 Å². The smallest absolute Gasteiger partial charge is 0.294 e. The molecule has 1 heterocycles. The van der Waals surface area contributed by atoms with Crippen LogP contribution in [0.4, 0.5) is 0 Å². The summed E-state index contributed by atoms with van der Waals surface area (Å²) < 4.78 is 5.11. The average molecular weight is 248 g/mol. The minimum Gasteiger partial charge on any atom is -0.490 e. The van der Waals surface area contributed by atoms with Crippen LogP contribution in [-0.2, 0) is 0 Å². The van der Waals surface area contributed by atoms with Crippen LogP contribution in [0.1, 0.15) is 0 Å². The fourth-order valence-corrected chi connectivity index (χ4v) is 1.90. The number of ether oxygens (including phenoxy) is 1. The van der Waals surface area contributed by atoms with Gasteiger partial charge in [0.05, 0.1) is 7.11 Å². The lowest BCUT2D eigenvalue weighted by atomic mass is 10.1. The lowest BCUT2D eigenvalue weighted by Crippen LogP contribution is -2.13. The molecule has 2 rings (SSSR count). The minimum atomic E-state index is -0.259. The number of hydrogen-bond donors (Lipinski definition) is 1. The molecule has 0 saturated heterocycles. The first-order chi connectivity index (χ1) is 8.26. The van der Waals surface area contributed by atoms with Gasteiger partial charge in [-0.1, -0.05) is 42.1 Å². The second-order valence-corrected chi connectivity index (χ2v) is 4.12. The molecule has 0 unspecified atom stereocenters. The first-order valence-corrected chi connectivity index (χ1v) is 6.26. The van der Waals surface area contributed by atoms with Crippen LogP contribution in [0.2, 0.25) is 0 Å². The zero-order valence-electron chi connectivity index (χ0n) is 9.56. The molecule has 0 fully saturated rings. The minimum absolute atomic E-state index is 0.244. The van der Waals surface area contributed by atoms with Crippen LogP contribution in [0.3, 0.4) is 0 Å². The van der Waals surface area contributed by atoms with Crippen LogP contribution >= 0.6 is 11.8 Å². The van der Waals surface area contributed by atoms with Gasteiger partial charge in [-0.3, -0.25) is 9.78 Å². The van der Waals surface area contributed by atoms with Crippen molar-refractivity contribution in [3.05, 3.63) is 40.7 Å². The SMILES string of the molecule is COc1c(-c2ccccc2)nc(SC)[nH]c1=O. The lowest BCUT2D eigenvalue weighted by Gasteiger charge is -2.07. The van der Waals surface area contributed by atoms with Gasteiger partial charge in [-0.05, 0) is 6.26 Å². The monoisotopic (exact) mass is 248 g/mol. The van der Waals surface area contributed by atoms with Gasteiger partial charge >= 0.3 is 0 Å². The number of rotatable bonds is 3. The predicted molar refractivity (Wildman–Crippen MR) is 68.6 cm³/mol. The van der Waals surface area contributed by atoms with Crippen LogP contribution in [-0.4, -0.2) is 23.3 Å². The molecule has 88 valence electrons. The van der Waals surface area contributed by atoms with E-state index in [1.165, 1.54) is 18.9 Å². The number of hydrogen-bond acceptors (Lipinski definition) is 4. The second-order valence-electron chi connectivity index (χ2n) is 3.32. The fraction of sp³-hybridized carbons (Fsp3) is 0.167. The predicted octanol–water partition coefficient (Wildman–Crippen LogP) is 2.17. The molecule has 0 aliphatic rings. The van der Waals surface area contributed by atoms with Crippen LogP contribution in [0.25, 0.3) is 11.3 Å². The third-order valence-corrected chi connectivity index (χ3v) is 2.88. The Bertz CT molecular complexity index is 566. The maximum Gasteiger partial charge on any atom is 0.294 e. The number of methoxy groups -OCH3 is 1. The van der Waals surface area contributed by atoms with Crippen LogP contribution in [0.15, 0.2) is 40.3 Å². The second kappa shape index (κ2) is 5.05.